The van der Waals surface area contributed by atoms with E-state index < -0.39 is 0 Å². The molecule has 0 saturated heterocycles. The van der Waals surface area contributed by atoms with E-state index in [9.17, 15) is 0 Å². The lowest BCUT2D eigenvalue weighted by atomic mass is 10.1. The Bertz CT molecular complexity index is 526. The van der Waals surface area contributed by atoms with Gasteiger partial charge in [-0.25, -0.2) is 0 Å². The summed E-state index contributed by atoms with van der Waals surface area (Å²) in [5.74, 6) is 0.529. The van der Waals surface area contributed by atoms with Crippen molar-refractivity contribution < 1.29 is 4.74 Å². The number of nitrogens with zero attached hydrogens (tertiary/aromatic N) is 1. The summed E-state index contributed by atoms with van der Waals surface area (Å²) in [6.45, 7) is 0. The van der Waals surface area contributed by atoms with Gasteiger partial charge < -0.3 is 4.74 Å². The van der Waals surface area contributed by atoms with Crippen LogP contribution < -0.4 is 5.32 Å². The summed E-state index contributed by atoms with van der Waals surface area (Å²) < 4.78 is 4.69. The first kappa shape index (κ1) is 14.8. The van der Waals surface area contributed by atoms with Gasteiger partial charge >= 0.3 is 0 Å². The van der Waals surface area contributed by atoms with Crippen LogP contribution >= 0.6 is 35.6 Å². The minimum absolute atomic E-state index is 0. The fourth-order valence-electron chi connectivity index (χ4n) is 1.33. The summed E-state index contributed by atoms with van der Waals surface area (Å²) in [4.78, 5) is 0. The number of H-pyrrole nitrogens is 1. The number of nitrogens with one attached hydrogen (secondary N) is 3. The molecule has 0 radical (unpaired) electrons. The van der Waals surface area contributed by atoms with Gasteiger partial charge in [0.2, 0.25) is 0 Å². The second-order valence-corrected chi connectivity index (χ2v) is 3.77. The SMILES string of the molecule is COC(=N)Nc1cc(-c2ccc(Cl)cc2)[nH]n1.I. The maximum Gasteiger partial charge on any atom is 0.287 e. The van der Waals surface area contributed by atoms with E-state index in [1.54, 1.807) is 6.07 Å². The van der Waals surface area contributed by atoms with E-state index in [0.29, 0.717) is 10.8 Å². The molecule has 96 valence electrons. The van der Waals surface area contributed by atoms with Crippen molar-refractivity contribution >= 4 is 47.4 Å². The molecule has 0 spiro atoms. The molecule has 2 aromatic rings. The highest BCUT2D eigenvalue weighted by Gasteiger charge is 2.04. The van der Waals surface area contributed by atoms with Crippen LogP contribution in [0.15, 0.2) is 30.3 Å². The van der Waals surface area contributed by atoms with E-state index in [0.717, 1.165) is 11.3 Å². The lowest BCUT2D eigenvalue weighted by molar-refractivity contribution is 0.398. The topological polar surface area (TPSA) is 73.8 Å². The molecular formula is C11H12ClIN4O. The van der Waals surface area contributed by atoms with Gasteiger partial charge in [0, 0.05) is 11.1 Å². The number of rotatable bonds is 2. The minimum atomic E-state index is -0.0563. The van der Waals surface area contributed by atoms with Crippen LogP contribution in [-0.4, -0.2) is 23.3 Å². The second-order valence-electron chi connectivity index (χ2n) is 3.33. The fraction of sp³-hybridized carbons (Fsp3) is 0.0909. The Morgan fingerprint density at radius 2 is 2.06 bits per heavy atom. The molecule has 0 fully saturated rings. The molecule has 0 bridgehead atoms. The van der Waals surface area contributed by atoms with Gasteiger partial charge in [-0.1, -0.05) is 23.7 Å². The van der Waals surface area contributed by atoms with Crippen molar-refractivity contribution in [2.75, 3.05) is 12.4 Å². The third-order valence-electron chi connectivity index (χ3n) is 2.18. The van der Waals surface area contributed by atoms with E-state index in [1.807, 2.05) is 24.3 Å². The van der Waals surface area contributed by atoms with E-state index >= 15 is 0 Å². The van der Waals surface area contributed by atoms with Crippen LogP contribution in [0.3, 0.4) is 0 Å². The number of amidine groups is 1. The molecule has 0 aliphatic carbocycles. The van der Waals surface area contributed by atoms with Crippen LogP contribution in [0.2, 0.25) is 5.02 Å². The van der Waals surface area contributed by atoms with Crippen LogP contribution in [0, 0.1) is 5.41 Å². The smallest absolute Gasteiger partial charge is 0.287 e. The Balaban J connectivity index is 0.00000162. The van der Waals surface area contributed by atoms with Crippen LogP contribution in [0.5, 0.6) is 0 Å². The minimum Gasteiger partial charge on any atom is -0.469 e. The lowest BCUT2D eigenvalue weighted by Gasteiger charge is -2.00. The van der Waals surface area contributed by atoms with Crippen molar-refractivity contribution in [2.45, 2.75) is 0 Å². The third-order valence-corrected chi connectivity index (χ3v) is 2.43. The number of hydrogen-bond acceptors (Lipinski definition) is 3. The zero-order chi connectivity index (χ0) is 12.3. The standard InChI is InChI=1S/C11H11ClN4O.HI/c1-17-11(13)14-10-6-9(15-16-10)7-2-4-8(12)5-3-7;/h2-6H,1H3,(H3,13,14,15,16);1H. The number of benzene rings is 1. The molecule has 5 nitrogen and oxygen atoms in total. The summed E-state index contributed by atoms with van der Waals surface area (Å²) in [5.41, 5.74) is 1.81. The van der Waals surface area contributed by atoms with E-state index in [4.69, 9.17) is 17.0 Å². The quantitative estimate of drug-likeness (QED) is 0.426. The highest BCUT2D eigenvalue weighted by Crippen LogP contribution is 2.21. The van der Waals surface area contributed by atoms with Crippen LogP contribution in [0.4, 0.5) is 5.82 Å². The van der Waals surface area contributed by atoms with Gasteiger partial charge in [-0.2, -0.15) is 5.10 Å². The summed E-state index contributed by atoms with van der Waals surface area (Å²) in [6, 6.07) is 9.13. The second kappa shape index (κ2) is 6.60. The van der Waals surface area contributed by atoms with Gasteiger partial charge in [-0.3, -0.25) is 15.8 Å². The van der Waals surface area contributed by atoms with Crippen molar-refractivity contribution in [1.82, 2.24) is 10.2 Å². The first-order valence-corrected chi connectivity index (χ1v) is 5.28. The Labute approximate surface area is 126 Å². The van der Waals surface area contributed by atoms with E-state index in [-0.39, 0.29) is 30.0 Å². The molecule has 1 aromatic carbocycles. The van der Waals surface area contributed by atoms with Gasteiger partial charge in [-0.05, 0) is 17.7 Å². The maximum atomic E-state index is 7.31. The summed E-state index contributed by atoms with van der Waals surface area (Å²) in [7, 11) is 1.42. The number of hydrogen-bond donors (Lipinski definition) is 3. The number of aromatic amines is 1. The van der Waals surface area contributed by atoms with E-state index in [1.165, 1.54) is 7.11 Å². The average molecular weight is 379 g/mol. The number of ether oxygens (including phenoxy) is 1. The van der Waals surface area contributed by atoms with Gasteiger partial charge in [0.15, 0.2) is 5.82 Å². The Morgan fingerprint density at radius 1 is 1.39 bits per heavy atom. The van der Waals surface area contributed by atoms with Crippen LogP contribution in [-0.2, 0) is 4.74 Å². The molecule has 0 unspecified atom stereocenters. The highest BCUT2D eigenvalue weighted by molar-refractivity contribution is 14.0. The zero-order valence-electron chi connectivity index (χ0n) is 9.53. The molecule has 0 atom stereocenters. The first-order chi connectivity index (χ1) is 8.19. The molecule has 0 amide bonds. The number of halogens is 2. The third kappa shape index (κ3) is 3.61. The summed E-state index contributed by atoms with van der Waals surface area (Å²) in [5, 5.41) is 17.6. The summed E-state index contributed by atoms with van der Waals surface area (Å²) in [6.07, 6.45) is 0. The van der Waals surface area contributed by atoms with Crippen LogP contribution in [0.25, 0.3) is 11.3 Å². The molecular weight excluding hydrogens is 367 g/mol. The molecule has 0 saturated carbocycles. The van der Waals surface area contributed by atoms with Gasteiger partial charge in [-0.15, -0.1) is 24.0 Å². The Kier molecular flexibility index (Phi) is 5.42. The van der Waals surface area contributed by atoms with Crippen molar-refractivity contribution in [3.63, 3.8) is 0 Å². The Morgan fingerprint density at radius 3 is 2.67 bits per heavy atom. The molecule has 2 rings (SSSR count). The molecule has 1 heterocycles. The predicted octanol–water partition coefficient (Wildman–Crippen LogP) is 3.34. The number of aromatic nitrogens is 2. The fourth-order valence-corrected chi connectivity index (χ4v) is 1.46. The Hall–Kier alpha value is -1.28. The van der Waals surface area contributed by atoms with Crippen molar-refractivity contribution in [1.29, 1.82) is 5.41 Å². The summed E-state index contributed by atoms with van der Waals surface area (Å²) >= 11 is 5.81. The monoisotopic (exact) mass is 378 g/mol. The first-order valence-electron chi connectivity index (χ1n) is 4.90. The predicted molar refractivity (Wildman–Crippen MR) is 82.8 cm³/mol. The number of methoxy groups -OCH3 is 1. The molecule has 1 aromatic heterocycles. The zero-order valence-corrected chi connectivity index (χ0v) is 12.6. The van der Waals surface area contributed by atoms with Gasteiger partial charge in [0.1, 0.15) is 0 Å². The van der Waals surface area contributed by atoms with E-state index in [2.05, 4.69) is 20.3 Å². The lowest BCUT2D eigenvalue weighted by Crippen LogP contribution is -2.12. The van der Waals surface area contributed by atoms with Crippen molar-refractivity contribution in [2.24, 2.45) is 0 Å². The van der Waals surface area contributed by atoms with Gasteiger partial charge in [0.25, 0.3) is 6.02 Å². The van der Waals surface area contributed by atoms with Crippen molar-refractivity contribution in [3.8, 4) is 11.3 Å². The molecule has 7 heteroatoms. The maximum absolute atomic E-state index is 7.31. The molecule has 0 aliphatic rings. The van der Waals surface area contributed by atoms with Crippen molar-refractivity contribution in [3.05, 3.63) is 35.4 Å². The normalized spacial score (nSPS) is 9.44. The van der Waals surface area contributed by atoms with Crippen LogP contribution in [0.1, 0.15) is 0 Å². The number of anilines is 1. The molecule has 18 heavy (non-hydrogen) atoms. The average Bonchev–Trinajstić information content (AvgIpc) is 2.78. The largest absolute Gasteiger partial charge is 0.469 e. The highest BCUT2D eigenvalue weighted by atomic mass is 127. The van der Waals surface area contributed by atoms with Gasteiger partial charge in [0.05, 0.1) is 12.8 Å². The molecule has 0 aliphatic heterocycles. The molecule has 3 N–H and O–H groups in total.